The molecule has 0 spiro atoms. The van der Waals surface area contributed by atoms with Crippen LogP contribution in [0.25, 0.3) is 0 Å². The number of alkyl halides is 4. The first kappa shape index (κ1) is 16.2. The molecule has 4 nitrogen and oxygen atoms in total. The molecule has 20 heavy (non-hydrogen) atoms. The van der Waals surface area contributed by atoms with Crippen molar-refractivity contribution < 1.29 is 36.6 Å². The lowest BCUT2D eigenvalue weighted by Crippen LogP contribution is -2.43. The van der Waals surface area contributed by atoms with Crippen molar-refractivity contribution in [1.82, 2.24) is 0 Å². The van der Waals surface area contributed by atoms with Gasteiger partial charge in [-0.15, -0.1) is 13.2 Å². The fourth-order valence-electron chi connectivity index (χ4n) is 1.62. The van der Waals surface area contributed by atoms with Crippen LogP contribution in [0, 0.1) is 5.41 Å². The van der Waals surface area contributed by atoms with Gasteiger partial charge in [0.15, 0.2) is 6.17 Å². The zero-order valence-corrected chi connectivity index (χ0v) is 10.7. The highest BCUT2D eigenvalue weighted by Gasteiger charge is 2.50. The van der Waals surface area contributed by atoms with Crippen LogP contribution in [0.15, 0.2) is 23.8 Å². The summed E-state index contributed by atoms with van der Waals surface area (Å²) >= 11 is 0. The molecule has 8 heteroatoms. The van der Waals surface area contributed by atoms with Gasteiger partial charge in [0.2, 0.25) is 0 Å². The van der Waals surface area contributed by atoms with E-state index in [1.807, 2.05) is 0 Å². The number of carbonyl (C=O) groups is 2. The second-order valence-electron chi connectivity index (χ2n) is 4.18. The minimum atomic E-state index is -5.22. The van der Waals surface area contributed by atoms with Crippen molar-refractivity contribution in [1.29, 1.82) is 0 Å². The highest BCUT2D eigenvalue weighted by atomic mass is 19.4. The van der Waals surface area contributed by atoms with Crippen molar-refractivity contribution in [2.45, 2.75) is 26.4 Å². The first-order chi connectivity index (χ1) is 9.12. The SMILES string of the molecule is CCOC(=O)C1=CC=CC(C)(C(=O)OC(F)(F)F)C1F. The van der Waals surface area contributed by atoms with Crippen LogP contribution in [0.2, 0.25) is 0 Å². The summed E-state index contributed by atoms with van der Waals surface area (Å²) in [6.45, 7) is 2.37. The Kier molecular flexibility index (Phi) is 4.57. The third kappa shape index (κ3) is 3.37. The first-order valence-electron chi connectivity index (χ1n) is 5.62. The molecule has 1 rings (SSSR count). The maximum absolute atomic E-state index is 14.2. The van der Waals surface area contributed by atoms with Gasteiger partial charge >= 0.3 is 18.3 Å². The van der Waals surface area contributed by atoms with E-state index >= 15 is 0 Å². The van der Waals surface area contributed by atoms with E-state index in [0.29, 0.717) is 0 Å². The molecule has 0 bridgehead atoms. The van der Waals surface area contributed by atoms with Crippen molar-refractivity contribution >= 4 is 11.9 Å². The molecule has 112 valence electrons. The van der Waals surface area contributed by atoms with Gasteiger partial charge in [0.25, 0.3) is 0 Å². The highest BCUT2D eigenvalue weighted by molar-refractivity contribution is 5.93. The standard InChI is InChI=1S/C12H12F4O4/c1-3-19-9(17)7-5-4-6-11(2,8(7)13)10(18)20-12(14,15)16/h4-6,8H,3H2,1-2H3. The van der Waals surface area contributed by atoms with Gasteiger partial charge in [-0.25, -0.2) is 9.18 Å². The Balaban J connectivity index is 2.98. The van der Waals surface area contributed by atoms with Crippen LogP contribution >= 0.6 is 0 Å². The van der Waals surface area contributed by atoms with Crippen molar-refractivity contribution in [2.75, 3.05) is 6.61 Å². The van der Waals surface area contributed by atoms with Crippen LogP contribution in [-0.4, -0.2) is 31.1 Å². The molecule has 0 heterocycles. The average Bonchev–Trinajstić information content (AvgIpc) is 2.30. The Morgan fingerprint density at radius 1 is 1.40 bits per heavy atom. The third-order valence-corrected chi connectivity index (χ3v) is 2.68. The Bertz CT molecular complexity index is 467. The van der Waals surface area contributed by atoms with E-state index in [0.717, 1.165) is 25.2 Å². The maximum atomic E-state index is 14.2. The average molecular weight is 296 g/mol. The van der Waals surface area contributed by atoms with Gasteiger partial charge in [0, 0.05) is 0 Å². The predicted octanol–water partition coefficient (Wildman–Crippen LogP) is 2.45. The van der Waals surface area contributed by atoms with Crippen LogP contribution in [-0.2, 0) is 19.1 Å². The fourth-order valence-corrected chi connectivity index (χ4v) is 1.62. The number of ether oxygens (including phenoxy) is 2. The Morgan fingerprint density at radius 2 is 2.00 bits per heavy atom. The van der Waals surface area contributed by atoms with E-state index in [-0.39, 0.29) is 6.61 Å². The molecule has 0 N–H and O–H groups in total. The second kappa shape index (κ2) is 5.64. The molecule has 0 aliphatic heterocycles. The second-order valence-corrected chi connectivity index (χ2v) is 4.18. The maximum Gasteiger partial charge on any atom is 0.575 e. The quantitative estimate of drug-likeness (QED) is 0.593. The first-order valence-corrected chi connectivity index (χ1v) is 5.62. The van der Waals surface area contributed by atoms with Gasteiger partial charge in [-0.2, -0.15) is 0 Å². The van der Waals surface area contributed by atoms with Gasteiger partial charge < -0.3 is 9.47 Å². The molecular formula is C12H12F4O4. The number of carbonyl (C=O) groups excluding carboxylic acids is 2. The third-order valence-electron chi connectivity index (χ3n) is 2.68. The van der Waals surface area contributed by atoms with Crippen LogP contribution < -0.4 is 0 Å². The molecule has 0 aromatic rings. The van der Waals surface area contributed by atoms with E-state index in [1.165, 1.54) is 6.92 Å². The zero-order valence-electron chi connectivity index (χ0n) is 10.7. The van der Waals surface area contributed by atoms with Gasteiger partial charge in [-0.3, -0.25) is 4.79 Å². The summed E-state index contributed by atoms with van der Waals surface area (Å²) < 4.78 is 58.1. The lowest BCUT2D eigenvalue weighted by molar-refractivity contribution is -0.310. The molecular weight excluding hydrogens is 284 g/mol. The number of rotatable bonds is 3. The number of esters is 2. The van der Waals surface area contributed by atoms with E-state index in [4.69, 9.17) is 0 Å². The summed E-state index contributed by atoms with van der Waals surface area (Å²) in [5.41, 5.74) is -2.78. The van der Waals surface area contributed by atoms with Crippen LogP contribution in [0.1, 0.15) is 13.8 Å². The lowest BCUT2D eigenvalue weighted by Gasteiger charge is -2.30. The molecule has 0 radical (unpaired) electrons. The largest absolute Gasteiger partial charge is 0.575 e. The number of allylic oxidation sites excluding steroid dienone is 2. The summed E-state index contributed by atoms with van der Waals surface area (Å²) in [4.78, 5) is 22.9. The van der Waals surface area contributed by atoms with Crippen molar-refractivity contribution in [3.8, 4) is 0 Å². The Hall–Kier alpha value is -1.86. The molecule has 0 saturated heterocycles. The van der Waals surface area contributed by atoms with E-state index in [1.54, 1.807) is 0 Å². The van der Waals surface area contributed by atoms with Crippen LogP contribution in [0.4, 0.5) is 17.6 Å². The highest BCUT2D eigenvalue weighted by Crippen LogP contribution is 2.37. The number of hydrogen-bond acceptors (Lipinski definition) is 4. The number of halogens is 4. The lowest BCUT2D eigenvalue weighted by atomic mass is 9.78. The molecule has 1 aliphatic rings. The minimum absolute atomic E-state index is 0.0314. The molecule has 2 atom stereocenters. The van der Waals surface area contributed by atoms with Crippen molar-refractivity contribution in [3.63, 3.8) is 0 Å². The molecule has 0 fully saturated rings. The van der Waals surface area contributed by atoms with Crippen molar-refractivity contribution in [3.05, 3.63) is 23.8 Å². The van der Waals surface area contributed by atoms with Crippen LogP contribution in [0.5, 0.6) is 0 Å². The van der Waals surface area contributed by atoms with Crippen molar-refractivity contribution in [2.24, 2.45) is 5.41 Å². The van der Waals surface area contributed by atoms with E-state index in [9.17, 15) is 27.2 Å². The molecule has 0 saturated carbocycles. The summed E-state index contributed by atoms with van der Waals surface area (Å²) in [5, 5.41) is 0. The van der Waals surface area contributed by atoms with Gasteiger partial charge in [0.1, 0.15) is 5.41 Å². The van der Waals surface area contributed by atoms with E-state index < -0.39 is 35.5 Å². The minimum Gasteiger partial charge on any atom is -0.463 e. The molecule has 2 unspecified atom stereocenters. The molecule has 0 aromatic heterocycles. The fraction of sp³-hybridized carbons (Fsp3) is 0.500. The molecule has 0 amide bonds. The van der Waals surface area contributed by atoms with Gasteiger partial charge in [0.05, 0.1) is 12.2 Å². The molecule has 0 aromatic carbocycles. The zero-order chi connectivity index (χ0) is 15.6. The van der Waals surface area contributed by atoms with Crippen LogP contribution in [0.3, 0.4) is 0 Å². The van der Waals surface area contributed by atoms with Gasteiger partial charge in [-0.05, 0) is 19.9 Å². The predicted molar refractivity (Wildman–Crippen MR) is 59.0 cm³/mol. The smallest absolute Gasteiger partial charge is 0.463 e. The Labute approximate surface area is 112 Å². The molecule has 1 aliphatic carbocycles. The topological polar surface area (TPSA) is 52.6 Å². The summed E-state index contributed by atoms with van der Waals surface area (Å²) in [6, 6.07) is 0. The number of hydrogen-bond donors (Lipinski definition) is 0. The summed E-state index contributed by atoms with van der Waals surface area (Å²) in [5.74, 6) is -2.86. The summed E-state index contributed by atoms with van der Waals surface area (Å²) in [7, 11) is 0. The summed E-state index contributed by atoms with van der Waals surface area (Å²) in [6.07, 6.45) is -4.44. The van der Waals surface area contributed by atoms with Gasteiger partial charge in [-0.1, -0.05) is 12.2 Å². The van der Waals surface area contributed by atoms with E-state index in [2.05, 4.69) is 9.47 Å². The monoisotopic (exact) mass is 296 g/mol. The Morgan fingerprint density at radius 3 is 2.50 bits per heavy atom. The normalized spacial score (nSPS) is 25.9.